The number of furan rings is 1. The number of anilines is 1. The topological polar surface area (TPSA) is 129 Å². The smallest absolute Gasteiger partial charge is 0.293 e. The quantitative estimate of drug-likeness (QED) is 0.414. The second-order valence-corrected chi connectivity index (χ2v) is 4.85. The molecule has 1 aromatic carbocycles. The number of nitro groups is 1. The molecule has 126 valence electrons. The predicted octanol–water partition coefficient (Wildman–Crippen LogP) is 2.28. The van der Waals surface area contributed by atoms with Crippen LogP contribution in [0.3, 0.4) is 0 Å². The average Bonchev–Trinajstić information content (AvgIpc) is 3.25. The van der Waals surface area contributed by atoms with Gasteiger partial charge in [0.15, 0.2) is 5.76 Å². The maximum atomic E-state index is 12.2. The number of nitro benzene ring substituents is 1. The molecule has 0 saturated heterocycles. The first-order chi connectivity index (χ1) is 12.1. The summed E-state index contributed by atoms with van der Waals surface area (Å²) in [5.74, 6) is -0.410. The summed E-state index contributed by atoms with van der Waals surface area (Å²) in [5.41, 5.74) is 0.166. The molecule has 3 aromatic rings. The molecule has 0 aliphatic rings. The number of hydrogen-bond acceptors (Lipinski definition) is 7. The van der Waals surface area contributed by atoms with Crippen molar-refractivity contribution in [3.05, 3.63) is 64.9 Å². The molecular formula is C15H12N6O4. The number of nitrogens with zero attached hydrogens (tertiary/aromatic N) is 5. The molecule has 0 spiro atoms. The first kappa shape index (κ1) is 16.1. The first-order valence-electron chi connectivity index (χ1n) is 7.12. The van der Waals surface area contributed by atoms with Crippen LogP contribution >= 0.6 is 0 Å². The van der Waals surface area contributed by atoms with Crippen LogP contribution in [-0.4, -0.2) is 31.0 Å². The lowest BCUT2D eigenvalue weighted by molar-refractivity contribution is -0.384. The van der Waals surface area contributed by atoms with Crippen LogP contribution in [0.4, 0.5) is 11.6 Å². The van der Waals surface area contributed by atoms with E-state index >= 15 is 0 Å². The number of hydrogen-bond donors (Lipinski definition) is 1. The van der Waals surface area contributed by atoms with Gasteiger partial charge >= 0.3 is 0 Å². The van der Waals surface area contributed by atoms with E-state index < -0.39 is 10.8 Å². The normalized spacial score (nSPS) is 10.4. The SMILES string of the molecule is C=CCn1nnc(NC(=O)c2ccc(-c3ccccc3[N+](=O)[O-])o2)n1. The lowest BCUT2D eigenvalue weighted by atomic mass is 10.1. The molecular weight excluding hydrogens is 328 g/mol. The number of carbonyl (C=O) groups is 1. The molecule has 0 aliphatic heterocycles. The van der Waals surface area contributed by atoms with Gasteiger partial charge < -0.3 is 4.42 Å². The van der Waals surface area contributed by atoms with Crippen LogP contribution in [0, 0.1) is 10.1 Å². The monoisotopic (exact) mass is 340 g/mol. The summed E-state index contributed by atoms with van der Waals surface area (Å²) in [5, 5.41) is 24.8. The van der Waals surface area contributed by atoms with Gasteiger partial charge in [0.1, 0.15) is 5.76 Å². The van der Waals surface area contributed by atoms with Crippen molar-refractivity contribution in [2.45, 2.75) is 6.54 Å². The molecule has 0 aliphatic carbocycles. The van der Waals surface area contributed by atoms with Crippen LogP contribution < -0.4 is 5.32 Å². The Morgan fingerprint density at radius 2 is 2.16 bits per heavy atom. The predicted molar refractivity (Wildman–Crippen MR) is 86.8 cm³/mol. The minimum atomic E-state index is -0.594. The molecule has 0 bridgehead atoms. The number of para-hydroxylation sites is 1. The summed E-state index contributed by atoms with van der Waals surface area (Å²) in [7, 11) is 0. The largest absolute Gasteiger partial charge is 0.451 e. The highest BCUT2D eigenvalue weighted by atomic mass is 16.6. The van der Waals surface area contributed by atoms with Crippen LogP contribution in [0.15, 0.2) is 53.5 Å². The van der Waals surface area contributed by atoms with Crippen LogP contribution in [-0.2, 0) is 6.54 Å². The van der Waals surface area contributed by atoms with Crippen molar-refractivity contribution < 1.29 is 14.1 Å². The number of amides is 1. The standard InChI is InChI=1S/C15H12N6O4/c1-2-9-20-18-15(17-19-20)16-14(22)13-8-7-12(25-13)10-5-3-4-6-11(10)21(23)24/h2-8H,1,9H2,(H,16,18,22). The molecule has 10 nitrogen and oxygen atoms in total. The number of tetrazole rings is 1. The molecule has 25 heavy (non-hydrogen) atoms. The molecule has 3 rings (SSSR count). The van der Waals surface area contributed by atoms with Crippen LogP contribution in [0.5, 0.6) is 0 Å². The van der Waals surface area contributed by atoms with Crippen molar-refractivity contribution in [2.75, 3.05) is 5.32 Å². The number of rotatable bonds is 6. The van der Waals surface area contributed by atoms with Crippen molar-refractivity contribution in [1.82, 2.24) is 20.2 Å². The first-order valence-corrected chi connectivity index (χ1v) is 7.12. The van der Waals surface area contributed by atoms with Crippen LogP contribution in [0.2, 0.25) is 0 Å². The van der Waals surface area contributed by atoms with Gasteiger partial charge in [-0.15, -0.1) is 11.7 Å². The molecule has 2 aromatic heterocycles. The second-order valence-electron chi connectivity index (χ2n) is 4.85. The third-order valence-electron chi connectivity index (χ3n) is 3.17. The Morgan fingerprint density at radius 1 is 1.36 bits per heavy atom. The van der Waals surface area contributed by atoms with E-state index in [4.69, 9.17) is 4.42 Å². The summed E-state index contributed by atoms with van der Waals surface area (Å²) < 4.78 is 5.43. The lowest BCUT2D eigenvalue weighted by Gasteiger charge is -1.99. The summed E-state index contributed by atoms with van der Waals surface area (Å²) in [4.78, 5) is 24.0. The van der Waals surface area contributed by atoms with E-state index in [1.54, 1.807) is 24.3 Å². The maximum absolute atomic E-state index is 12.2. The fourth-order valence-electron chi connectivity index (χ4n) is 2.10. The lowest BCUT2D eigenvalue weighted by Crippen LogP contribution is -2.12. The van der Waals surface area contributed by atoms with Gasteiger partial charge in [0, 0.05) is 6.07 Å². The molecule has 0 atom stereocenters. The van der Waals surface area contributed by atoms with Gasteiger partial charge in [0.05, 0.1) is 17.0 Å². The van der Waals surface area contributed by atoms with Gasteiger partial charge in [-0.1, -0.05) is 23.3 Å². The van der Waals surface area contributed by atoms with E-state index in [0.717, 1.165) is 0 Å². The van der Waals surface area contributed by atoms with Crippen molar-refractivity contribution in [1.29, 1.82) is 0 Å². The highest BCUT2D eigenvalue weighted by Gasteiger charge is 2.20. The Labute approximate surface area is 140 Å². The van der Waals surface area contributed by atoms with E-state index in [1.165, 1.54) is 23.0 Å². The van der Waals surface area contributed by atoms with E-state index in [-0.39, 0.29) is 28.7 Å². The average molecular weight is 340 g/mol. The Kier molecular flexibility index (Phi) is 4.33. The zero-order chi connectivity index (χ0) is 17.8. The van der Waals surface area contributed by atoms with Crippen molar-refractivity contribution in [3.8, 4) is 11.3 Å². The Hall–Kier alpha value is -3.82. The molecule has 0 saturated carbocycles. The summed E-state index contributed by atoms with van der Waals surface area (Å²) in [6.45, 7) is 3.90. The fourth-order valence-corrected chi connectivity index (χ4v) is 2.10. The molecule has 0 fully saturated rings. The molecule has 0 radical (unpaired) electrons. The van der Waals surface area contributed by atoms with Crippen LogP contribution in [0.25, 0.3) is 11.3 Å². The highest BCUT2D eigenvalue weighted by Crippen LogP contribution is 2.30. The number of benzene rings is 1. The van der Waals surface area contributed by atoms with E-state index in [0.29, 0.717) is 6.54 Å². The molecule has 10 heteroatoms. The third kappa shape index (κ3) is 3.42. The van der Waals surface area contributed by atoms with Crippen LogP contribution in [0.1, 0.15) is 10.6 Å². The second kappa shape index (κ2) is 6.74. The minimum Gasteiger partial charge on any atom is -0.451 e. The number of carbonyl (C=O) groups excluding carboxylic acids is 1. The highest BCUT2D eigenvalue weighted by molar-refractivity contribution is 6.01. The van der Waals surface area contributed by atoms with Crippen molar-refractivity contribution in [3.63, 3.8) is 0 Å². The fraction of sp³-hybridized carbons (Fsp3) is 0.0667. The molecule has 1 N–H and O–H groups in total. The molecule has 0 unspecified atom stereocenters. The molecule has 2 heterocycles. The van der Waals surface area contributed by atoms with Gasteiger partial charge in [0.25, 0.3) is 17.5 Å². The Bertz CT molecular complexity index is 945. The molecule has 1 amide bonds. The van der Waals surface area contributed by atoms with Gasteiger partial charge in [-0.2, -0.15) is 4.80 Å². The van der Waals surface area contributed by atoms with Gasteiger partial charge in [-0.25, -0.2) is 0 Å². The number of aromatic nitrogens is 4. The maximum Gasteiger partial charge on any atom is 0.293 e. The zero-order valence-corrected chi connectivity index (χ0v) is 12.8. The van der Waals surface area contributed by atoms with E-state index in [1.807, 2.05) is 0 Å². The number of allylic oxidation sites excluding steroid dienone is 1. The Morgan fingerprint density at radius 3 is 2.92 bits per heavy atom. The van der Waals surface area contributed by atoms with Gasteiger partial charge in [-0.05, 0) is 23.4 Å². The number of nitrogens with one attached hydrogen (secondary N) is 1. The van der Waals surface area contributed by atoms with Crippen molar-refractivity contribution >= 4 is 17.5 Å². The van der Waals surface area contributed by atoms with E-state index in [9.17, 15) is 14.9 Å². The summed E-state index contributed by atoms with van der Waals surface area (Å²) >= 11 is 0. The van der Waals surface area contributed by atoms with Crippen molar-refractivity contribution in [2.24, 2.45) is 0 Å². The third-order valence-corrected chi connectivity index (χ3v) is 3.17. The van der Waals surface area contributed by atoms with E-state index in [2.05, 4.69) is 27.3 Å². The Balaban J connectivity index is 1.80. The minimum absolute atomic E-state index is 0.00971. The summed E-state index contributed by atoms with van der Waals surface area (Å²) in [6, 6.07) is 9.00. The van der Waals surface area contributed by atoms with Gasteiger partial charge in [-0.3, -0.25) is 20.2 Å². The zero-order valence-electron chi connectivity index (χ0n) is 12.8. The van der Waals surface area contributed by atoms with Gasteiger partial charge in [0.2, 0.25) is 0 Å². The summed E-state index contributed by atoms with van der Waals surface area (Å²) in [6.07, 6.45) is 1.58.